The fraction of sp³-hybridized carbons (Fsp3) is 0.130. The van der Waals surface area contributed by atoms with Gasteiger partial charge in [-0.3, -0.25) is 0 Å². The first kappa shape index (κ1) is 19.2. The first-order chi connectivity index (χ1) is 13.5. The molecule has 0 saturated carbocycles. The van der Waals surface area contributed by atoms with Crippen LogP contribution >= 0.6 is 0 Å². The fourth-order valence-corrected chi connectivity index (χ4v) is 6.69. The van der Waals surface area contributed by atoms with Crippen molar-refractivity contribution in [3.8, 4) is 0 Å². The Bertz CT molecular complexity index is 1110. The summed E-state index contributed by atoms with van der Waals surface area (Å²) < 4.78 is 30.5. The third-order valence-electron chi connectivity index (χ3n) is 4.74. The number of benzene rings is 3. The van der Waals surface area contributed by atoms with Gasteiger partial charge < -0.3 is 0 Å². The van der Waals surface area contributed by atoms with Gasteiger partial charge in [0.15, 0.2) is 0 Å². The maximum absolute atomic E-state index is 13.2. The van der Waals surface area contributed by atoms with Crippen LogP contribution in [0.1, 0.15) is 16.7 Å². The third-order valence-corrected chi connectivity index (χ3v) is 8.90. The van der Waals surface area contributed by atoms with Gasteiger partial charge in [0.25, 0.3) is 0 Å². The van der Waals surface area contributed by atoms with E-state index >= 15 is 0 Å². The van der Waals surface area contributed by atoms with Crippen LogP contribution in [-0.2, 0) is 16.6 Å². The van der Waals surface area contributed by atoms with Gasteiger partial charge in [-0.25, -0.2) is 0 Å². The molecule has 3 aromatic carbocycles. The van der Waals surface area contributed by atoms with Gasteiger partial charge in [0, 0.05) is 0 Å². The Balaban J connectivity index is 1.71. The van der Waals surface area contributed by atoms with Crippen LogP contribution in [0, 0.1) is 6.92 Å². The Morgan fingerprint density at radius 1 is 0.857 bits per heavy atom. The van der Waals surface area contributed by atoms with Crippen LogP contribution in [-0.4, -0.2) is 34.2 Å². The first-order valence-electron chi connectivity index (χ1n) is 9.12. The molecule has 1 aliphatic heterocycles. The molecule has 0 spiro atoms. The minimum atomic E-state index is -3.55. The first-order valence-corrected chi connectivity index (χ1v) is 12.3. The molecule has 0 N–H and O–H groups in total. The van der Waals surface area contributed by atoms with Crippen LogP contribution in [0.15, 0.2) is 89.8 Å². The molecule has 0 atom stereocenters. The third kappa shape index (κ3) is 3.98. The maximum atomic E-state index is 13.2. The van der Waals surface area contributed by atoms with Gasteiger partial charge in [-0.05, 0) is 0 Å². The number of nitrogens with zero attached hydrogens (tertiary/aromatic N) is 1. The Kier molecular flexibility index (Phi) is 5.51. The molecule has 0 aromatic heterocycles. The van der Waals surface area contributed by atoms with E-state index in [-0.39, 0.29) is 15.0 Å². The van der Waals surface area contributed by atoms with Gasteiger partial charge in [-0.2, -0.15) is 0 Å². The molecule has 0 amide bonds. The molecule has 0 fully saturated rings. The Hall–Kier alpha value is -2.17. The summed E-state index contributed by atoms with van der Waals surface area (Å²) in [6.07, 6.45) is 2.09. The zero-order chi connectivity index (χ0) is 19.6. The molecule has 4 rings (SSSR count). The molecule has 5 heteroatoms. The number of hydrogen-bond donors (Lipinski definition) is 0. The van der Waals surface area contributed by atoms with Gasteiger partial charge in [0.05, 0.1) is 0 Å². The van der Waals surface area contributed by atoms with Gasteiger partial charge in [-0.15, -0.1) is 0 Å². The van der Waals surface area contributed by atoms with E-state index in [1.807, 2.05) is 43.3 Å². The second-order valence-corrected chi connectivity index (χ2v) is 11.0. The molecule has 0 radical (unpaired) electrons. The second kappa shape index (κ2) is 8.06. The summed E-state index contributed by atoms with van der Waals surface area (Å²) >= 11 is 0.126. The quantitative estimate of drug-likeness (QED) is 0.566. The van der Waals surface area contributed by atoms with Gasteiger partial charge in [-0.1, -0.05) is 0 Å². The molecular weight excluding hydrogens is 433 g/mol. The molecule has 142 valence electrons. The van der Waals surface area contributed by atoms with Gasteiger partial charge in [0.2, 0.25) is 0 Å². The van der Waals surface area contributed by atoms with Crippen molar-refractivity contribution in [2.24, 2.45) is 0 Å². The molecule has 0 bridgehead atoms. The van der Waals surface area contributed by atoms with E-state index in [4.69, 9.17) is 0 Å². The number of rotatable bonds is 4. The van der Waals surface area contributed by atoms with E-state index in [9.17, 15) is 8.42 Å². The number of fused-ring (bicyclic) bond motifs is 1. The topological polar surface area (TPSA) is 37.4 Å². The van der Waals surface area contributed by atoms with Crippen molar-refractivity contribution in [1.29, 1.82) is 0 Å². The van der Waals surface area contributed by atoms with Crippen LogP contribution in [0.4, 0.5) is 0 Å². The summed E-state index contributed by atoms with van der Waals surface area (Å²) in [7, 11) is -3.55. The summed E-state index contributed by atoms with van der Waals surface area (Å²) in [5, 5.41) is 0. The molecule has 0 unspecified atom stereocenters. The average Bonchev–Trinajstić information content (AvgIpc) is 2.89. The van der Waals surface area contributed by atoms with Crippen molar-refractivity contribution < 1.29 is 8.42 Å². The normalized spacial score (nSPS) is 14.8. The summed E-state index contributed by atoms with van der Waals surface area (Å²) in [6, 6.07) is 25.6. The molecule has 0 aliphatic carbocycles. The summed E-state index contributed by atoms with van der Waals surface area (Å²) in [5.41, 5.74) is 3.26. The summed E-state index contributed by atoms with van der Waals surface area (Å²) in [6.45, 7) is 2.73. The van der Waals surface area contributed by atoms with Crippen LogP contribution < -0.4 is 4.46 Å². The minimum absolute atomic E-state index is 0.126. The van der Waals surface area contributed by atoms with E-state index in [1.165, 1.54) is 8.93 Å². The number of sulfonamides is 1. The number of hydrogen-bond acceptors (Lipinski definition) is 2. The standard InChI is InChI=1S/C23H21NO2SSe/c1-18-11-13-20(14-12-18)27(25,26)24-16-15-23(28-21-8-3-2-4-9-21)22-10-6-5-7-19(22)17-24/h2-15H,16-17H2,1H3. The Labute approximate surface area is 172 Å². The van der Waals surface area contributed by atoms with Crippen molar-refractivity contribution in [3.05, 3.63) is 102 Å². The van der Waals surface area contributed by atoms with E-state index in [0.717, 1.165) is 16.7 Å². The van der Waals surface area contributed by atoms with Crippen LogP contribution in [0.3, 0.4) is 0 Å². The van der Waals surface area contributed by atoms with Crippen molar-refractivity contribution in [1.82, 2.24) is 4.31 Å². The van der Waals surface area contributed by atoms with Crippen LogP contribution in [0.25, 0.3) is 4.47 Å². The SMILES string of the molecule is Cc1ccc(S(=O)(=O)N2CC=C([Se]c3ccccc3)c3ccccc3C2)cc1. The van der Waals surface area contributed by atoms with E-state index in [2.05, 4.69) is 36.4 Å². The summed E-state index contributed by atoms with van der Waals surface area (Å²) in [4.78, 5) is 0.348. The number of aryl methyl sites for hydroxylation is 1. The van der Waals surface area contributed by atoms with Crippen molar-refractivity contribution in [2.75, 3.05) is 6.54 Å². The zero-order valence-electron chi connectivity index (χ0n) is 15.6. The average molecular weight is 454 g/mol. The Morgan fingerprint density at radius 2 is 1.54 bits per heavy atom. The van der Waals surface area contributed by atoms with E-state index in [0.29, 0.717) is 18.0 Å². The molecule has 0 saturated heterocycles. The van der Waals surface area contributed by atoms with E-state index < -0.39 is 10.0 Å². The van der Waals surface area contributed by atoms with Crippen LogP contribution in [0.2, 0.25) is 0 Å². The predicted molar refractivity (Wildman–Crippen MR) is 115 cm³/mol. The molecule has 3 aromatic rings. The molecular formula is C23H21NO2SSe. The van der Waals surface area contributed by atoms with Crippen molar-refractivity contribution >= 4 is 33.9 Å². The summed E-state index contributed by atoms with van der Waals surface area (Å²) in [5.74, 6) is 0. The second-order valence-electron chi connectivity index (χ2n) is 6.75. The van der Waals surface area contributed by atoms with Gasteiger partial charge in [0.1, 0.15) is 0 Å². The fourth-order valence-electron chi connectivity index (χ4n) is 3.20. The van der Waals surface area contributed by atoms with Crippen molar-refractivity contribution in [3.63, 3.8) is 0 Å². The Morgan fingerprint density at radius 3 is 2.29 bits per heavy atom. The predicted octanol–water partition coefficient (Wildman–Crippen LogP) is 3.57. The van der Waals surface area contributed by atoms with E-state index in [1.54, 1.807) is 16.4 Å². The molecule has 28 heavy (non-hydrogen) atoms. The molecule has 1 aliphatic rings. The zero-order valence-corrected chi connectivity index (χ0v) is 18.1. The monoisotopic (exact) mass is 455 g/mol. The van der Waals surface area contributed by atoms with Crippen molar-refractivity contribution in [2.45, 2.75) is 18.4 Å². The van der Waals surface area contributed by atoms with Gasteiger partial charge >= 0.3 is 173 Å². The molecule has 3 nitrogen and oxygen atoms in total. The molecule has 1 heterocycles. The van der Waals surface area contributed by atoms with Crippen LogP contribution in [0.5, 0.6) is 0 Å².